The number of carbonyl (C=O) groups excluding carboxylic acids is 3. The molecular weight excluding hydrogens is 344 g/mol. The molecule has 0 saturated carbocycles. The lowest BCUT2D eigenvalue weighted by Crippen LogP contribution is -2.45. The van der Waals surface area contributed by atoms with Crippen LogP contribution in [0.25, 0.3) is 0 Å². The molecule has 0 fully saturated rings. The minimum Gasteiger partial charge on any atom is -0.459 e. The van der Waals surface area contributed by atoms with Crippen LogP contribution in [0.5, 0.6) is 0 Å². The first kappa shape index (κ1) is 20.2. The molecule has 27 heavy (non-hydrogen) atoms. The molecule has 0 aromatic heterocycles. The van der Waals surface area contributed by atoms with Crippen LogP contribution in [0.1, 0.15) is 35.3 Å². The van der Waals surface area contributed by atoms with Gasteiger partial charge >= 0.3 is 5.97 Å². The monoisotopic (exact) mass is 368 g/mol. The maximum Gasteiger partial charge on any atom is 0.329 e. The number of primary amides is 1. The van der Waals surface area contributed by atoms with Crippen LogP contribution in [-0.4, -0.2) is 23.8 Å². The average molecular weight is 368 g/mol. The SMILES string of the molecule is CC(C)[C@@H](NC(=O)Cc1ccccc1)C(=O)OCc1ccc(C(N)=O)cc1. The third kappa shape index (κ3) is 6.26. The molecule has 0 bridgehead atoms. The van der Waals surface area contributed by atoms with Gasteiger partial charge in [0.05, 0.1) is 6.42 Å². The predicted molar refractivity (Wildman–Crippen MR) is 102 cm³/mol. The summed E-state index contributed by atoms with van der Waals surface area (Å²) in [7, 11) is 0. The fourth-order valence-corrected chi connectivity index (χ4v) is 2.51. The molecule has 142 valence electrons. The maximum atomic E-state index is 12.4. The maximum absolute atomic E-state index is 12.4. The number of nitrogens with two attached hydrogens (primary N) is 1. The Balaban J connectivity index is 1.92. The number of hydrogen-bond donors (Lipinski definition) is 2. The van der Waals surface area contributed by atoms with Gasteiger partial charge in [-0.15, -0.1) is 0 Å². The van der Waals surface area contributed by atoms with E-state index in [4.69, 9.17) is 10.5 Å². The minimum absolute atomic E-state index is 0.0512. The van der Waals surface area contributed by atoms with Crippen molar-refractivity contribution < 1.29 is 19.1 Å². The molecule has 6 nitrogen and oxygen atoms in total. The Morgan fingerprint density at radius 1 is 0.963 bits per heavy atom. The Hall–Kier alpha value is -3.15. The molecule has 0 saturated heterocycles. The van der Waals surface area contributed by atoms with E-state index in [0.29, 0.717) is 5.56 Å². The van der Waals surface area contributed by atoms with Gasteiger partial charge in [-0.05, 0) is 29.2 Å². The number of ether oxygens (including phenoxy) is 1. The van der Waals surface area contributed by atoms with Crippen molar-refractivity contribution in [2.24, 2.45) is 11.7 Å². The Labute approximate surface area is 158 Å². The second kappa shape index (κ2) is 9.52. The molecule has 0 aliphatic carbocycles. The smallest absolute Gasteiger partial charge is 0.329 e. The highest BCUT2D eigenvalue weighted by Gasteiger charge is 2.25. The van der Waals surface area contributed by atoms with Crippen molar-refractivity contribution in [3.05, 3.63) is 71.3 Å². The molecule has 0 unspecified atom stereocenters. The van der Waals surface area contributed by atoms with Gasteiger partial charge in [0.25, 0.3) is 0 Å². The van der Waals surface area contributed by atoms with Crippen LogP contribution in [0.2, 0.25) is 0 Å². The summed E-state index contributed by atoms with van der Waals surface area (Å²) in [6.07, 6.45) is 0.200. The summed E-state index contributed by atoms with van der Waals surface area (Å²) >= 11 is 0. The van der Waals surface area contributed by atoms with E-state index < -0.39 is 17.9 Å². The van der Waals surface area contributed by atoms with Crippen molar-refractivity contribution in [2.45, 2.75) is 32.9 Å². The molecule has 0 aliphatic heterocycles. The van der Waals surface area contributed by atoms with Crippen molar-refractivity contribution in [3.63, 3.8) is 0 Å². The number of benzene rings is 2. The highest BCUT2D eigenvalue weighted by atomic mass is 16.5. The van der Waals surface area contributed by atoms with E-state index in [9.17, 15) is 14.4 Å². The van der Waals surface area contributed by atoms with E-state index in [2.05, 4.69) is 5.32 Å². The Bertz CT molecular complexity index is 786. The van der Waals surface area contributed by atoms with Gasteiger partial charge in [0, 0.05) is 5.56 Å². The van der Waals surface area contributed by atoms with Crippen LogP contribution < -0.4 is 11.1 Å². The zero-order chi connectivity index (χ0) is 19.8. The van der Waals surface area contributed by atoms with Crippen molar-refractivity contribution in [2.75, 3.05) is 0 Å². The van der Waals surface area contributed by atoms with Gasteiger partial charge in [-0.25, -0.2) is 4.79 Å². The molecule has 2 aromatic rings. The van der Waals surface area contributed by atoms with E-state index in [0.717, 1.165) is 11.1 Å². The van der Waals surface area contributed by atoms with Crippen LogP contribution in [0.15, 0.2) is 54.6 Å². The fourth-order valence-electron chi connectivity index (χ4n) is 2.51. The van der Waals surface area contributed by atoms with Gasteiger partial charge in [-0.3, -0.25) is 9.59 Å². The highest BCUT2D eigenvalue weighted by Crippen LogP contribution is 2.10. The second-order valence-electron chi connectivity index (χ2n) is 6.62. The van der Waals surface area contributed by atoms with Gasteiger partial charge in [-0.1, -0.05) is 56.3 Å². The summed E-state index contributed by atoms with van der Waals surface area (Å²) in [5.41, 5.74) is 7.19. The summed E-state index contributed by atoms with van der Waals surface area (Å²) in [5, 5.41) is 2.75. The van der Waals surface area contributed by atoms with E-state index in [1.54, 1.807) is 24.3 Å². The lowest BCUT2D eigenvalue weighted by atomic mass is 10.0. The Morgan fingerprint density at radius 3 is 2.15 bits per heavy atom. The zero-order valence-corrected chi connectivity index (χ0v) is 15.5. The zero-order valence-electron chi connectivity index (χ0n) is 15.5. The molecule has 0 spiro atoms. The molecule has 6 heteroatoms. The largest absolute Gasteiger partial charge is 0.459 e. The lowest BCUT2D eigenvalue weighted by Gasteiger charge is -2.21. The molecule has 0 heterocycles. The van der Waals surface area contributed by atoms with Crippen LogP contribution in [0, 0.1) is 5.92 Å². The molecular formula is C21H24N2O4. The number of esters is 1. The summed E-state index contributed by atoms with van der Waals surface area (Å²) in [6.45, 7) is 3.74. The second-order valence-corrected chi connectivity index (χ2v) is 6.62. The number of rotatable bonds is 8. The van der Waals surface area contributed by atoms with Crippen LogP contribution in [-0.2, 0) is 27.4 Å². The first-order valence-electron chi connectivity index (χ1n) is 8.75. The van der Waals surface area contributed by atoms with Crippen LogP contribution in [0.4, 0.5) is 0 Å². The Kier molecular flexibility index (Phi) is 7.11. The van der Waals surface area contributed by atoms with Crippen molar-refractivity contribution in [1.29, 1.82) is 0 Å². The van der Waals surface area contributed by atoms with Gasteiger partial charge in [0.15, 0.2) is 0 Å². The standard InChI is InChI=1S/C21H24N2O4/c1-14(2)19(23-18(24)12-15-6-4-3-5-7-15)21(26)27-13-16-8-10-17(11-9-16)20(22)25/h3-11,14,19H,12-13H2,1-2H3,(H2,22,25)(H,23,24)/t19-/m1/s1. The van der Waals surface area contributed by atoms with Gasteiger partial charge < -0.3 is 15.8 Å². The van der Waals surface area contributed by atoms with E-state index >= 15 is 0 Å². The highest BCUT2D eigenvalue weighted by molar-refractivity contribution is 5.92. The van der Waals surface area contributed by atoms with Gasteiger partial charge in [0.1, 0.15) is 12.6 Å². The summed E-state index contributed by atoms with van der Waals surface area (Å²) < 4.78 is 5.33. The van der Waals surface area contributed by atoms with Crippen molar-refractivity contribution in [1.82, 2.24) is 5.32 Å². The van der Waals surface area contributed by atoms with Crippen molar-refractivity contribution in [3.8, 4) is 0 Å². The molecule has 3 N–H and O–H groups in total. The third-order valence-electron chi connectivity index (χ3n) is 4.06. The number of hydrogen-bond acceptors (Lipinski definition) is 4. The molecule has 0 aliphatic rings. The fraction of sp³-hybridized carbons (Fsp3) is 0.286. The minimum atomic E-state index is -0.730. The first-order chi connectivity index (χ1) is 12.9. The predicted octanol–water partition coefficient (Wildman–Crippen LogP) is 2.21. The molecule has 2 rings (SSSR count). The summed E-state index contributed by atoms with van der Waals surface area (Å²) in [6, 6.07) is 15.1. The average Bonchev–Trinajstić information content (AvgIpc) is 2.65. The quantitative estimate of drug-likeness (QED) is 0.698. The first-order valence-corrected chi connectivity index (χ1v) is 8.75. The van der Waals surface area contributed by atoms with Crippen molar-refractivity contribution >= 4 is 17.8 Å². The lowest BCUT2D eigenvalue weighted by molar-refractivity contribution is -0.150. The third-order valence-corrected chi connectivity index (χ3v) is 4.06. The van der Waals surface area contributed by atoms with Gasteiger partial charge in [0.2, 0.25) is 11.8 Å². The normalized spacial score (nSPS) is 11.7. The molecule has 2 amide bonds. The Morgan fingerprint density at radius 2 is 1.59 bits per heavy atom. The van der Waals surface area contributed by atoms with Crippen LogP contribution in [0.3, 0.4) is 0 Å². The molecule has 0 radical (unpaired) electrons. The number of amides is 2. The van der Waals surface area contributed by atoms with E-state index in [1.165, 1.54) is 0 Å². The topological polar surface area (TPSA) is 98.5 Å². The number of carbonyl (C=O) groups is 3. The summed E-state index contributed by atoms with van der Waals surface area (Å²) in [5.74, 6) is -1.36. The molecule has 1 atom stereocenters. The number of nitrogens with one attached hydrogen (secondary N) is 1. The summed E-state index contributed by atoms with van der Waals surface area (Å²) in [4.78, 5) is 35.7. The van der Waals surface area contributed by atoms with Crippen LogP contribution >= 0.6 is 0 Å². The molecule has 2 aromatic carbocycles. The van der Waals surface area contributed by atoms with E-state index in [1.807, 2.05) is 44.2 Å². The van der Waals surface area contributed by atoms with E-state index in [-0.39, 0.29) is 24.9 Å². The van der Waals surface area contributed by atoms with Gasteiger partial charge in [-0.2, -0.15) is 0 Å².